The van der Waals surface area contributed by atoms with Crippen molar-refractivity contribution >= 4 is 22.9 Å². The zero-order chi connectivity index (χ0) is 19.3. The number of piperazine rings is 1. The molecule has 1 saturated heterocycles. The number of rotatable bonds is 5. The molecule has 1 aliphatic rings. The summed E-state index contributed by atoms with van der Waals surface area (Å²) in [5.41, 5.74) is 3.02. The van der Waals surface area contributed by atoms with Gasteiger partial charge in [-0.15, -0.1) is 0 Å². The van der Waals surface area contributed by atoms with Crippen molar-refractivity contribution < 1.29 is 4.74 Å². The van der Waals surface area contributed by atoms with E-state index < -0.39 is 0 Å². The molecule has 0 bridgehead atoms. The fourth-order valence-corrected chi connectivity index (χ4v) is 3.44. The number of benzene rings is 2. The van der Waals surface area contributed by atoms with Crippen LogP contribution in [0.25, 0.3) is 0 Å². The fraction of sp³-hybridized carbons (Fsp3) is 0.273. The average Bonchev–Trinajstić information content (AvgIpc) is 2.76. The fourth-order valence-electron chi connectivity index (χ4n) is 3.44. The monoisotopic (exact) mass is 374 g/mol. The van der Waals surface area contributed by atoms with Gasteiger partial charge < -0.3 is 14.5 Å². The molecule has 0 amide bonds. The molecule has 0 N–H and O–H groups in total. The lowest BCUT2D eigenvalue weighted by atomic mass is 10.2. The Hall–Kier alpha value is -3.12. The van der Waals surface area contributed by atoms with Crippen molar-refractivity contribution in [2.24, 2.45) is 0 Å². The van der Waals surface area contributed by atoms with Crippen molar-refractivity contribution in [3.8, 4) is 5.75 Å². The molecule has 1 aromatic heterocycles. The van der Waals surface area contributed by atoms with Gasteiger partial charge in [-0.1, -0.05) is 18.2 Å². The molecule has 0 aliphatic carbocycles. The molecule has 2 heterocycles. The first kappa shape index (κ1) is 18.3. The van der Waals surface area contributed by atoms with Crippen LogP contribution in [0.4, 0.5) is 22.9 Å². The summed E-state index contributed by atoms with van der Waals surface area (Å²) in [5.74, 6) is 1.55. The van der Waals surface area contributed by atoms with Crippen LogP contribution in [-0.4, -0.2) is 55.2 Å². The first-order valence-corrected chi connectivity index (χ1v) is 9.40. The highest BCUT2D eigenvalue weighted by molar-refractivity contribution is 5.79. The Kier molecular flexibility index (Phi) is 5.39. The van der Waals surface area contributed by atoms with E-state index in [-0.39, 0.29) is 0 Å². The maximum atomic E-state index is 5.61. The second kappa shape index (κ2) is 8.27. The van der Waals surface area contributed by atoms with Gasteiger partial charge in [0.05, 0.1) is 18.5 Å². The largest absolute Gasteiger partial charge is 0.495 e. The number of methoxy groups -OCH3 is 1. The normalized spacial score (nSPS) is 14.7. The highest BCUT2D eigenvalue weighted by Crippen LogP contribution is 2.39. The molecule has 1 fully saturated rings. The van der Waals surface area contributed by atoms with E-state index in [1.807, 2.05) is 36.4 Å². The molecule has 6 heteroatoms. The summed E-state index contributed by atoms with van der Waals surface area (Å²) in [6.45, 7) is 4.16. The Bertz CT molecular complexity index is 910. The summed E-state index contributed by atoms with van der Waals surface area (Å²) in [4.78, 5) is 15.4. The minimum atomic E-state index is 0.770. The third-order valence-electron chi connectivity index (χ3n) is 5.00. The Morgan fingerprint density at radius 1 is 1.07 bits per heavy atom. The number of para-hydroxylation sites is 2. The summed E-state index contributed by atoms with van der Waals surface area (Å²) in [7, 11) is 3.85. The molecule has 2 aromatic carbocycles. The van der Waals surface area contributed by atoms with E-state index in [1.54, 1.807) is 19.6 Å². The van der Waals surface area contributed by atoms with Crippen LogP contribution >= 0.6 is 0 Å². The van der Waals surface area contributed by atoms with Crippen molar-refractivity contribution in [2.45, 2.75) is 0 Å². The molecule has 1 radical (unpaired) electrons. The molecule has 1 aliphatic heterocycles. The van der Waals surface area contributed by atoms with Crippen LogP contribution in [0.15, 0.2) is 61.1 Å². The highest BCUT2D eigenvalue weighted by Gasteiger charge is 2.20. The number of aromatic nitrogens is 2. The zero-order valence-corrected chi connectivity index (χ0v) is 16.2. The van der Waals surface area contributed by atoms with Gasteiger partial charge in [-0.3, -0.25) is 4.90 Å². The maximum Gasteiger partial charge on any atom is 0.142 e. The van der Waals surface area contributed by atoms with Gasteiger partial charge in [0, 0.05) is 44.1 Å². The quantitative estimate of drug-likeness (QED) is 0.681. The van der Waals surface area contributed by atoms with E-state index >= 15 is 0 Å². The molecule has 0 atom stereocenters. The van der Waals surface area contributed by atoms with Crippen LogP contribution in [-0.2, 0) is 0 Å². The minimum absolute atomic E-state index is 0.770. The molecule has 0 spiro atoms. The van der Waals surface area contributed by atoms with Gasteiger partial charge in [0.2, 0.25) is 0 Å². The molecular weight excluding hydrogens is 350 g/mol. The first-order valence-electron chi connectivity index (χ1n) is 9.40. The number of hydrogen-bond donors (Lipinski definition) is 0. The lowest BCUT2D eigenvalue weighted by Gasteiger charge is -2.34. The summed E-state index contributed by atoms with van der Waals surface area (Å²) in [6, 6.07) is 19.5. The van der Waals surface area contributed by atoms with Gasteiger partial charge >= 0.3 is 0 Å². The SMILES string of the molecule is COc1ccccc1N(c1[c]ccc(N2CCN(C)CC2)c1)c1ccncn1. The Balaban J connectivity index is 1.76. The molecule has 3 aromatic rings. The van der Waals surface area contributed by atoms with Crippen molar-refractivity contribution in [3.05, 3.63) is 67.1 Å². The molecule has 28 heavy (non-hydrogen) atoms. The summed E-state index contributed by atoms with van der Waals surface area (Å²) in [6.07, 6.45) is 3.30. The molecular formula is C22H24N5O. The maximum absolute atomic E-state index is 5.61. The number of likely N-dealkylation sites (N-methyl/N-ethyl adjacent to an activating group) is 1. The van der Waals surface area contributed by atoms with E-state index in [9.17, 15) is 0 Å². The number of anilines is 4. The minimum Gasteiger partial charge on any atom is -0.495 e. The second-order valence-corrected chi connectivity index (χ2v) is 6.80. The van der Waals surface area contributed by atoms with Crippen LogP contribution in [0, 0.1) is 6.07 Å². The lowest BCUT2D eigenvalue weighted by Crippen LogP contribution is -2.44. The molecule has 0 saturated carbocycles. The standard InChI is InChI=1S/C22H24N5O/c1-25-12-14-26(15-13-25)18-6-5-7-19(16-18)27(22-10-11-23-17-24-22)20-8-3-4-9-21(20)28-2/h3-6,8-11,16-17H,12-15H2,1-2H3. The number of ether oxygens (including phenoxy) is 1. The Morgan fingerprint density at radius 3 is 2.64 bits per heavy atom. The van der Waals surface area contributed by atoms with Crippen LogP contribution < -0.4 is 14.5 Å². The predicted molar refractivity (Wildman–Crippen MR) is 112 cm³/mol. The van der Waals surface area contributed by atoms with Crippen LogP contribution in [0.1, 0.15) is 0 Å². The van der Waals surface area contributed by atoms with Gasteiger partial charge in [-0.25, -0.2) is 9.97 Å². The van der Waals surface area contributed by atoms with Gasteiger partial charge in [-0.2, -0.15) is 0 Å². The molecule has 4 rings (SSSR count). The van der Waals surface area contributed by atoms with Crippen molar-refractivity contribution in [1.82, 2.24) is 14.9 Å². The number of nitrogens with zero attached hydrogens (tertiary/aromatic N) is 5. The molecule has 6 nitrogen and oxygen atoms in total. The predicted octanol–water partition coefficient (Wildman–Crippen LogP) is 3.51. The van der Waals surface area contributed by atoms with Gasteiger partial charge in [0.15, 0.2) is 0 Å². The molecule has 143 valence electrons. The van der Waals surface area contributed by atoms with Crippen LogP contribution in [0.3, 0.4) is 0 Å². The first-order chi connectivity index (χ1) is 13.8. The van der Waals surface area contributed by atoms with Gasteiger partial charge in [-0.05, 0) is 37.4 Å². The van der Waals surface area contributed by atoms with E-state index in [0.717, 1.165) is 49.1 Å². The second-order valence-electron chi connectivity index (χ2n) is 6.80. The Morgan fingerprint density at radius 2 is 1.89 bits per heavy atom. The summed E-state index contributed by atoms with van der Waals surface area (Å²) >= 11 is 0. The summed E-state index contributed by atoms with van der Waals surface area (Å²) < 4.78 is 5.61. The van der Waals surface area contributed by atoms with Crippen molar-refractivity contribution in [1.29, 1.82) is 0 Å². The van der Waals surface area contributed by atoms with Crippen LogP contribution in [0.5, 0.6) is 5.75 Å². The van der Waals surface area contributed by atoms with Crippen molar-refractivity contribution in [3.63, 3.8) is 0 Å². The third kappa shape index (κ3) is 3.77. The average molecular weight is 374 g/mol. The Labute approximate surface area is 166 Å². The van der Waals surface area contributed by atoms with E-state index in [4.69, 9.17) is 4.74 Å². The highest BCUT2D eigenvalue weighted by atomic mass is 16.5. The van der Waals surface area contributed by atoms with Gasteiger partial charge in [0.1, 0.15) is 17.9 Å². The van der Waals surface area contributed by atoms with E-state index in [2.05, 4.69) is 49.9 Å². The molecule has 0 unspecified atom stereocenters. The van der Waals surface area contributed by atoms with Crippen LogP contribution in [0.2, 0.25) is 0 Å². The lowest BCUT2D eigenvalue weighted by molar-refractivity contribution is 0.313. The summed E-state index contributed by atoms with van der Waals surface area (Å²) in [5, 5.41) is 0. The van der Waals surface area contributed by atoms with E-state index in [0.29, 0.717) is 0 Å². The smallest absolute Gasteiger partial charge is 0.142 e. The zero-order valence-electron chi connectivity index (χ0n) is 16.2. The third-order valence-corrected chi connectivity index (χ3v) is 5.00. The topological polar surface area (TPSA) is 44.7 Å². The number of hydrogen-bond acceptors (Lipinski definition) is 6. The van der Waals surface area contributed by atoms with E-state index in [1.165, 1.54) is 5.69 Å². The van der Waals surface area contributed by atoms with Gasteiger partial charge in [0.25, 0.3) is 0 Å². The van der Waals surface area contributed by atoms with Crippen molar-refractivity contribution in [2.75, 3.05) is 50.1 Å².